The van der Waals surface area contributed by atoms with Crippen molar-refractivity contribution in [3.63, 3.8) is 0 Å². The molecule has 2 N–H and O–H groups in total. The summed E-state index contributed by atoms with van der Waals surface area (Å²) in [5, 5.41) is 0. The Morgan fingerprint density at radius 2 is 1.91 bits per heavy atom. The highest BCUT2D eigenvalue weighted by atomic mass is 19.1. The number of benzene rings is 2. The van der Waals surface area contributed by atoms with E-state index < -0.39 is 0 Å². The zero-order valence-electron chi connectivity index (χ0n) is 13.8. The van der Waals surface area contributed by atoms with Gasteiger partial charge in [0, 0.05) is 45.5 Å². The van der Waals surface area contributed by atoms with Crippen LogP contribution in [0.1, 0.15) is 22.7 Å². The summed E-state index contributed by atoms with van der Waals surface area (Å²) in [6, 6.07) is 13.5. The Morgan fingerprint density at radius 3 is 2.57 bits per heavy atom. The van der Waals surface area contributed by atoms with Crippen molar-refractivity contribution in [3.8, 4) is 0 Å². The normalized spacial score (nSPS) is 17.3. The molecule has 1 aliphatic rings. The fraction of sp³-hybridized carbons (Fsp3) is 0.368. The number of rotatable bonds is 5. The fourth-order valence-corrected chi connectivity index (χ4v) is 3.44. The smallest absolute Gasteiger partial charge is 0.123 e. The van der Waals surface area contributed by atoms with Gasteiger partial charge in [-0.05, 0) is 41.3 Å². The number of anilines is 1. The summed E-state index contributed by atoms with van der Waals surface area (Å²) in [5.74, 6) is -0.183. The molecule has 4 heteroatoms. The number of nitrogens with two attached hydrogens (primary N) is 1. The average molecular weight is 313 g/mol. The summed E-state index contributed by atoms with van der Waals surface area (Å²) in [7, 11) is 4.16. The molecule has 1 atom stereocenters. The Hall–Kier alpha value is -1.91. The Morgan fingerprint density at radius 1 is 1.17 bits per heavy atom. The van der Waals surface area contributed by atoms with Crippen molar-refractivity contribution >= 4 is 5.69 Å². The number of halogens is 1. The molecule has 1 unspecified atom stereocenters. The molecule has 0 aliphatic carbocycles. The van der Waals surface area contributed by atoms with Crippen LogP contribution in [0, 0.1) is 5.82 Å². The van der Waals surface area contributed by atoms with Crippen molar-refractivity contribution in [1.29, 1.82) is 0 Å². The lowest BCUT2D eigenvalue weighted by Gasteiger charge is -2.23. The zero-order valence-corrected chi connectivity index (χ0v) is 13.8. The van der Waals surface area contributed by atoms with Crippen molar-refractivity contribution in [2.24, 2.45) is 5.73 Å². The van der Waals surface area contributed by atoms with Crippen molar-refractivity contribution in [2.45, 2.75) is 19.0 Å². The molecule has 0 amide bonds. The molecule has 0 radical (unpaired) electrons. The standard InChI is InChI=1S/C19H24FN3/c1-22(2)18-5-3-4-16-17(18)13-23(19(16)12-21)11-10-14-6-8-15(20)9-7-14/h3-9,19H,10-13,21H2,1-2H3. The van der Waals surface area contributed by atoms with E-state index in [1.807, 2.05) is 12.1 Å². The van der Waals surface area contributed by atoms with Crippen LogP contribution in [0.5, 0.6) is 0 Å². The van der Waals surface area contributed by atoms with Gasteiger partial charge in [-0.25, -0.2) is 4.39 Å². The summed E-state index contributed by atoms with van der Waals surface area (Å²) < 4.78 is 13.0. The molecule has 0 saturated carbocycles. The summed E-state index contributed by atoms with van der Waals surface area (Å²) in [4.78, 5) is 4.59. The largest absolute Gasteiger partial charge is 0.377 e. The molecule has 122 valence electrons. The molecule has 0 bridgehead atoms. The first-order valence-electron chi connectivity index (χ1n) is 8.08. The minimum atomic E-state index is -0.183. The predicted octanol–water partition coefficient (Wildman–Crippen LogP) is 2.95. The molecule has 2 aromatic rings. The van der Waals surface area contributed by atoms with Crippen LogP contribution in [0.25, 0.3) is 0 Å². The fourth-order valence-electron chi connectivity index (χ4n) is 3.44. The van der Waals surface area contributed by atoms with Crippen molar-refractivity contribution in [2.75, 3.05) is 32.1 Å². The van der Waals surface area contributed by atoms with E-state index in [9.17, 15) is 4.39 Å². The van der Waals surface area contributed by atoms with Gasteiger partial charge in [-0.2, -0.15) is 0 Å². The topological polar surface area (TPSA) is 32.5 Å². The third-order valence-corrected chi connectivity index (χ3v) is 4.65. The van der Waals surface area contributed by atoms with Gasteiger partial charge >= 0.3 is 0 Å². The molecular formula is C19H24FN3. The molecule has 1 heterocycles. The van der Waals surface area contributed by atoms with Gasteiger partial charge in [0.05, 0.1) is 0 Å². The Kier molecular flexibility index (Phi) is 4.64. The van der Waals surface area contributed by atoms with E-state index >= 15 is 0 Å². The third kappa shape index (κ3) is 3.23. The maximum atomic E-state index is 13.0. The molecule has 0 spiro atoms. The average Bonchev–Trinajstić information content (AvgIpc) is 2.91. The second-order valence-corrected chi connectivity index (χ2v) is 6.34. The van der Waals surface area contributed by atoms with Crippen molar-refractivity contribution < 1.29 is 4.39 Å². The maximum Gasteiger partial charge on any atom is 0.123 e. The van der Waals surface area contributed by atoms with Crippen LogP contribution in [0.15, 0.2) is 42.5 Å². The Bertz CT molecular complexity index is 667. The number of fused-ring (bicyclic) bond motifs is 1. The summed E-state index contributed by atoms with van der Waals surface area (Å²) >= 11 is 0. The van der Waals surface area contributed by atoms with E-state index in [0.29, 0.717) is 6.54 Å². The van der Waals surface area contributed by atoms with Crippen LogP contribution in [-0.4, -0.2) is 32.1 Å². The van der Waals surface area contributed by atoms with Crippen molar-refractivity contribution in [1.82, 2.24) is 4.90 Å². The molecule has 0 saturated heterocycles. The molecule has 0 fully saturated rings. The van der Waals surface area contributed by atoms with Crippen LogP contribution in [0.2, 0.25) is 0 Å². The van der Waals surface area contributed by atoms with Crippen LogP contribution in [0.3, 0.4) is 0 Å². The lowest BCUT2D eigenvalue weighted by atomic mass is 10.0. The third-order valence-electron chi connectivity index (χ3n) is 4.65. The van der Waals surface area contributed by atoms with Gasteiger partial charge in [0.1, 0.15) is 5.82 Å². The summed E-state index contributed by atoms with van der Waals surface area (Å²) in [5.41, 5.74) is 11.2. The van der Waals surface area contributed by atoms with Gasteiger partial charge in [-0.3, -0.25) is 4.90 Å². The van der Waals surface area contributed by atoms with E-state index in [1.54, 1.807) is 0 Å². The van der Waals surface area contributed by atoms with E-state index in [4.69, 9.17) is 5.73 Å². The quantitative estimate of drug-likeness (QED) is 0.921. The lowest BCUT2D eigenvalue weighted by Crippen LogP contribution is -2.29. The minimum absolute atomic E-state index is 0.183. The van der Waals surface area contributed by atoms with Gasteiger partial charge < -0.3 is 10.6 Å². The molecule has 2 aromatic carbocycles. The first-order chi connectivity index (χ1) is 11.1. The van der Waals surface area contributed by atoms with Crippen LogP contribution >= 0.6 is 0 Å². The maximum absolute atomic E-state index is 13.0. The molecule has 3 nitrogen and oxygen atoms in total. The predicted molar refractivity (Wildman–Crippen MR) is 93.1 cm³/mol. The first-order valence-corrected chi connectivity index (χ1v) is 8.08. The van der Waals surface area contributed by atoms with Crippen LogP contribution in [0.4, 0.5) is 10.1 Å². The Balaban J connectivity index is 1.76. The second kappa shape index (κ2) is 6.69. The highest BCUT2D eigenvalue weighted by Crippen LogP contribution is 2.37. The van der Waals surface area contributed by atoms with Gasteiger partial charge in [-0.1, -0.05) is 24.3 Å². The second-order valence-electron chi connectivity index (χ2n) is 6.34. The number of hydrogen-bond donors (Lipinski definition) is 1. The van der Waals surface area contributed by atoms with Crippen LogP contribution < -0.4 is 10.6 Å². The van der Waals surface area contributed by atoms with E-state index in [-0.39, 0.29) is 11.9 Å². The van der Waals surface area contributed by atoms with Gasteiger partial charge in [-0.15, -0.1) is 0 Å². The molecule has 1 aliphatic heterocycles. The van der Waals surface area contributed by atoms with Gasteiger partial charge in [0.15, 0.2) is 0 Å². The summed E-state index contributed by atoms with van der Waals surface area (Å²) in [6.45, 7) is 2.47. The minimum Gasteiger partial charge on any atom is -0.377 e. The van der Waals surface area contributed by atoms with E-state index in [1.165, 1.54) is 28.9 Å². The highest BCUT2D eigenvalue weighted by Gasteiger charge is 2.30. The summed E-state index contributed by atoms with van der Waals surface area (Å²) in [6.07, 6.45) is 0.905. The first kappa shape index (κ1) is 16.0. The monoisotopic (exact) mass is 313 g/mol. The number of hydrogen-bond acceptors (Lipinski definition) is 3. The highest BCUT2D eigenvalue weighted by molar-refractivity contribution is 5.58. The van der Waals surface area contributed by atoms with Crippen LogP contribution in [-0.2, 0) is 13.0 Å². The van der Waals surface area contributed by atoms with Gasteiger partial charge in [0.2, 0.25) is 0 Å². The lowest BCUT2D eigenvalue weighted by molar-refractivity contribution is 0.223. The van der Waals surface area contributed by atoms with E-state index in [0.717, 1.165) is 25.1 Å². The van der Waals surface area contributed by atoms with Crippen molar-refractivity contribution in [3.05, 3.63) is 65.0 Å². The molecular weight excluding hydrogens is 289 g/mol. The zero-order chi connectivity index (χ0) is 16.4. The molecule has 23 heavy (non-hydrogen) atoms. The molecule has 0 aromatic heterocycles. The van der Waals surface area contributed by atoms with E-state index in [2.05, 4.69) is 42.1 Å². The molecule has 3 rings (SSSR count). The Labute approximate surface area is 137 Å². The number of nitrogens with zero attached hydrogens (tertiary/aromatic N) is 2. The SMILES string of the molecule is CN(C)c1cccc2c1CN(CCc1ccc(F)cc1)C2CN. The van der Waals surface area contributed by atoms with Gasteiger partial charge in [0.25, 0.3) is 0 Å².